The summed E-state index contributed by atoms with van der Waals surface area (Å²) in [6.07, 6.45) is 5.11. The summed E-state index contributed by atoms with van der Waals surface area (Å²) in [5, 5.41) is 9.56. The second-order valence-corrected chi connectivity index (χ2v) is 8.77. The van der Waals surface area contributed by atoms with Crippen molar-refractivity contribution in [3.8, 4) is 34.6 Å². The van der Waals surface area contributed by atoms with Crippen LogP contribution in [0.3, 0.4) is 0 Å². The number of para-hydroxylation sites is 1. The van der Waals surface area contributed by atoms with E-state index in [-0.39, 0.29) is 5.92 Å². The van der Waals surface area contributed by atoms with Crippen LogP contribution in [0.1, 0.15) is 28.3 Å². The first-order valence-electron chi connectivity index (χ1n) is 11.8. The summed E-state index contributed by atoms with van der Waals surface area (Å²) < 4.78 is 15.4. The fraction of sp³-hybridized carbons (Fsp3) is 0.107. The SMILES string of the molecule is COc1ccc([C@H]2c3c(C)nn(-c4ccccc4)c3Oc3ncn4nc(-c5cccnc5)nc4c32)cc1. The highest BCUT2D eigenvalue weighted by Crippen LogP contribution is 2.49. The van der Waals surface area contributed by atoms with Gasteiger partial charge in [0.2, 0.25) is 11.8 Å². The van der Waals surface area contributed by atoms with Crippen molar-refractivity contribution < 1.29 is 9.47 Å². The fourth-order valence-electron chi connectivity index (χ4n) is 4.87. The van der Waals surface area contributed by atoms with Crippen LogP contribution in [-0.2, 0) is 0 Å². The van der Waals surface area contributed by atoms with Crippen molar-refractivity contribution in [1.82, 2.24) is 34.3 Å². The van der Waals surface area contributed by atoms with Crippen molar-refractivity contribution in [2.75, 3.05) is 7.11 Å². The smallest absolute Gasteiger partial charge is 0.230 e. The zero-order valence-corrected chi connectivity index (χ0v) is 20.1. The number of hydrogen-bond acceptors (Lipinski definition) is 7. The highest BCUT2D eigenvalue weighted by Gasteiger charge is 2.38. The van der Waals surface area contributed by atoms with Gasteiger partial charge in [0.15, 0.2) is 11.5 Å². The van der Waals surface area contributed by atoms with Crippen molar-refractivity contribution in [3.63, 3.8) is 0 Å². The zero-order chi connectivity index (χ0) is 24.9. The van der Waals surface area contributed by atoms with Gasteiger partial charge in [0.1, 0.15) is 12.1 Å². The fourth-order valence-corrected chi connectivity index (χ4v) is 4.87. The summed E-state index contributed by atoms with van der Waals surface area (Å²) in [5.41, 5.74) is 6.10. The van der Waals surface area contributed by atoms with Crippen LogP contribution in [0.15, 0.2) is 85.5 Å². The predicted molar refractivity (Wildman–Crippen MR) is 136 cm³/mol. The minimum Gasteiger partial charge on any atom is -0.497 e. The third-order valence-electron chi connectivity index (χ3n) is 6.59. The lowest BCUT2D eigenvalue weighted by Gasteiger charge is -2.26. The Morgan fingerprint density at radius 2 is 1.76 bits per heavy atom. The van der Waals surface area contributed by atoms with Gasteiger partial charge in [-0.25, -0.2) is 19.2 Å². The summed E-state index contributed by atoms with van der Waals surface area (Å²) in [6, 6.07) is 21.8. The van der Waals surface area contributed by atoms with Gasteiger partial charge in [-0.2, -0.15) is 5.10 Å². The Hall–Kier alpha value is -5.05. The van der Waals surface area contributed by atoms with Crippen LogP contribution in [0.5, 0.6) is 17.5 Å². The summed E-state index contributed by atoms with van der Waals surface area (Å²) in [4.78, 5) is 13.8. The minimum atomic E-state index is -0.232. The molecule has 2 aromatic carbocycles. The van der Waals surface area contributed by atoms with E-state index in [9.17, 15) is 0 Å². The molecule has 1 atom stereocenters. The van der Waals surface area contributed by atoms with Crippen LogP contribution in [0.25, 0.3) is 22.7 Å². The van der Waals surface area contributed by atoms with Gasteiger partial charge >= 0.3 is 0 Å². The molecule has 1 aliphatic heterocycles. The van der Waals surface area contributed by atoms with E-state index in [1.165, 1.54) is 0 Å². The average Bonchev–Trinajstić information content (AvgIpc) is 3.54. The Morgan fingerprint density at radius 3 is 2.51 bits per heavy atom. The molecule has 0 fully saturated rings. The highest BCUT2D eigenvalue weighted by atomic mass is 16.5. The zero-order valence-electron chi connectivity index (χ0n) is 20.1. The summed E-state index contributed by atoms with van der Waals surface area (Å²) in [5.74, 6) is 2.23. The van der Waals surface area contributed by atoms with Crippen LogP contribution in [0, 0.1) is 6.92 Å². The molecule has 0 radical (unpaired) electrons. The van der Waals surface area contributed by atoms with E-state index in [1.54, 1.807) is 30.3 Å². The molecule has 1 aliphatic rings. The lowest BCUT2D eigenvalue weighted by atomic mass is 9.84. The number of methoxy groups -OCH3 is 1. The molecule has 9 heteroatoms. The molecule has 0 saturated heterocycles. The van der Waals surface area contributed by atoms with Gasteiger partial charge in [-0.3, -0.25) is 4.98 Å². The molecule has 0 unspecified atom stereocenters. The lowest BCUT2D eigenvalue weighted by molar-refractivity contribution is 0.402. The van der Waals surface area contributed by atoms with Crippen LogP contribution < -0.4 is 9.47 Å². The normalized spacial score (nSPS) is 14.2. The minimum absolute atomic E-state index is 0.232. The van der Waals surface area contributed by atoms with E-state index in [0.29, 0.717) is 23.2 Å². The number of aromatic nitrogens is 7. The van der Waals surface area contributed by atoms with Gasteiger partial charge in [-0.1, -0.05) is 30.3 Å². The van der Waals surface area contributed by atoms with Gasteiger partial charge in [0.25, 0.3) is 0 Å². The number of aryl methyl sites for hydroxylation is 1. The van der Waals surface area contributed by atoms with Crippen molar-refractivity contribution in [1.29, 1.82) is 0 Å². The van der Waals surface area contributed by atoms with E-state index in [0.717, 1.165) is 39.4 Å². The molecule has 0 spiro atoms. The largest absolute Gasteiger partial charge is 0.497 e. The van der Waals surface area contributed by atoms with Crippen LogP contribution in [-0.4, -0.2) is 41.5 Å². The van der Waals surface area contributed by atoms with Crippen molar-refractivity contribution in [2.45, 2.75) is 12.8 Å². The molecule has 0 amide bonds. The topological polar surface area (TPSA) is 92.2 Å². The highest BCUT2D eigenvalue weighted by molar-refractivity contribution is 5.68. The molecule has 0 aliphatic carbocycles. The van der Waals surface area contributed by atoms with Crippen molar-refractivity contribution >= 4 is 5.65 Å². The molecular weight excluding hydrogens is 466 g/mol. The molecule has 4 aromatic heterocycles. The average molecular weight is 488 g/mol. The third-order valence-corrected chi connectivity index (χ3v) is 6.59. The second kappa shape index (κ2) is 8.27. The molecule has 37 heavy (non-hydrogen) atoms. The first-order chi connectivity index (χ1) is 18.2. The van der Waals surface area contributed by atoms with Gasteiger partial charge < -0.3 is 9.47 Å². The van der Waals surface area contributed by atoms with Crippen LogP contribution in [0.2, 0.25) is 0 Å². The van der Waals surface area contributed by atoms with E-state index >= 15 is 0 Å². The number of fused-ring (bicyclic) bond motifs is 4. The second-order valence-electron chi connectivity index (χ2n) is 8.77. The Kier molecular flexibility index (Phi) is 4.75. The van der Waals surface area contributed by atoms with E-state index in [1.807, 2.05) is 66.2 Å². The van der Waals surface area contributed by atoms with Crippen LogP contribution >= 0.6 is 0 Å². The first-order valence-corrected chi connectivity index (χ1v) is 11.8. The number of benzene rings is 2. The third kappa shape index (κ3) is 3.35. The maximum Gasteiger partial charge on any atom is 0.230 e. The molecule has 0 N–H and O–H groups in total. The van der Waals surface area contributed by atoms with Gasteiger partial charge in [-0.05, 0) is 48.9 Å². The van der Waals surface area contributed by atoms with Crippen molar-refractivity contribution in [3.05, 3.63) is 108 Å². The van der Waals surface area contributed by atoms with Gasteiger partial charge in [0.05, 0.1) is 35.5 Å². The predicted octanol–water partition coefficient (Wildman–Crippen LogP) is 4.97. The van der Waals surface area contributed by atoms with Gasteiger partial charge in [0, 0.05) is 18.0 Å². The molecule has 7 rings (SSSR count). The maximum atomic E-state index is 6.47. The quantitative estimate of drug-likeness (QED) is 0.346. The van der Waals surface area contributed by atoms with E-state index < -0.39 is 0 Å². The number of ether oxygens (including phenoxy) is 2. The molecule has 0 bridgehead atoms. The number of hydrogen-bond donors (Lipinski definition) is 0. The molecule has 5 heterocycles. The number of nitrogens with zero attached hydrogens (tertiary/aromatic N) is 7. The standard InChI is InChI=1S/C28H21N7O2/c1-17-22-23(18-10-12-21(36-2)13-11-18)24-26-31-25(19-7-6-14-29-15-19)33-34(26)16-30-27(24)37-28(22)35(32-17)20-8-4-3-5-9-20/h3-16,23H,1-2H3/t23-/m0/s1. The Morgan fingerprint density at radius 1 is 0.919 bits per heavy atom. The number of rotatable bonds is 4. The summed E-state index contributed by atoms with van der Waals surface area (Å²) in [7, 11) is 1.66. The lowest BCUT2D eigenvalue weighted by Crippen LogP contribution is -2.16. The van der Waals surface area contributed by atoms with Crippen LogP contribution in [0.4, 0.5) is 0 Å². The molecular formula is C28H21N7O2. The first kappa shape index (κ1) is 21.3. The number of pyridine rings is 1. The molecule has 9 nitrogen and oxygen atoms in total. The van der Waals surface area contributed by atoms with Gasteiger partial charge in [-0.15, -0.1) is 5.10 Å². The van der Waals surface area contributed by atoms with E-state index in [2.05, 4.69) is 27.2 Å². The Bertz CT molecular complexity index is 1740. The summed E-state index contributed by atoms with van der Waals surface area (Å²) >= 11 is 0. The summed E-state index contributed by atoms with van der Waals surface area (Å²) in [6.45, 7) is 2.00. The van der Waals surface area contributed by atoms with Crippen molar-refractivity contribution in [2.24, 2.45) is 0 Å². The Balaban J connectivity index is 1.49. The monoisotopic (exact) mass is 487 g/mol. The molecule has 6 aromatic rings. The van der Waals surface area contributed by atoms with E-state index in [4.69, 9.17) is 19.6 Å². The molecule has 180 valence electrons. The Labute approximate surface area is 212 Å². The maximum absolute atomic E-state index is 6.47. The molecule has 0 saturated carbocycles.